The predicted molar refractivity (Wildman–Crippen MR) is 82.3 cm³/mol. The zero-order chi connectivity index (χ0) is 14.8. The number of nitrogens with zero attached hydrogens (tertiary/aromatic N) is 3. The molecule has 0 saturated carbocycles. The Morgan fingerprint density at radius 1 is 1.19 bits per heavy atom. The van der Waals surface area contributed by atoms with E-state index in [-0.39, 0.29) is 17.7 Å². The highest BCUT2D eigenvalue weighted by molar-refractivity contribution is 8.18. The number of aromatic nitrogens is 2. The highest BCUT2D eigenvalue weighted by atomic mass is 32.2. The second kappa shape index (κ2) is 5.66. The Hall–Kier alpha value is -2.19. The molecule has 21 heavy (non-hydrogen) atoms. The number of thioether (sulfide) groups is 1. The van der Waals surface area contributed by atoms with Gasteiger partial charge in [-0.3, -0.25) is 14.5 Å². The summed E-state index contributed by atoms with van der Waals surface area (Å²) < 4.78 is 0. The summed E-state index contributed by atoms with van der Waals surface area (Å²) in [4.78, 5) is 25.8. The van der Waals surface area contributed by atoms with Gasteiger partial charge in [-0.2, -0.15) is 0 Å². The summed E-state index contributed by atoms with van der Waals surface area (Å²) in [6.45, 7) is 0.103. The Balaban J connectivity index is 1.81. The average Bonchev–Trinajstić information content (AvgIpc) is 2.99. The maximum absolute atomic E-state index is 12.3. The van der Waals surface area contributed by atoms with Crippen LogP contribution in [0, 0.1) is 0 Å². The molecule has 0 atom stereocenters. The van der Waals surface area contributed by atoms with E-state index in [1.807, 2.05) is 30.3 Å². The van der Waals surface area contributed by atoms with E-state index in [1.165, 1.54) is 0 Å². The topological polar surface area (TPSA) is 89.2 Å². The average molecular weight is 318 g/mol. The molecule has 106 valence electrons. The van der Waals surface area contributed by atoms with Crippen molar-refractivity contribution in [1.29, 1.82) is 0 Å². The van der Waals surface area contributed by atoms with Crippen molar-refractivity contribution in [2.75, 3.05) is 5.73 Å². The third-order valence-electron chi connectivity index (χ3n) is 2.75. The lowest BCUT2D eigenvalue weighted by atomic mass is 10.2. The van der Waals surface area contributed by atoms with Gasteiger partial charge in [-0.05, 0) is 23.4 Å². The van der Waals surface area contributed by atoms with Gasteiger partial charge in [0.1, 0.15) is 5.01 Å². The molecular formula is C13H10N4O2S2. The number of carbonyl (C=O) groups is 2. The number of nitrogens with two attached hydrogens (primary N) is 1. The van der Waals surface area contributed by atoms with Crippen LogP contribution in [0.5, 0.6) is 0 Å². The maximum atomic E-state index is 12.3. The first-order valence-corrected chi connectivity index (χ1v) is 7.65. The Labute approximate surface area is 128 Å². The highest BCUT2D eigenvalue weighted by Crippen LogP contribution is 2.33. The lowest BCUT2D eigenvalue weighted by Crippen LogP contribution is -2.27. The second-order valence-corrected chi connectivity index (χ2v) is 6.30. The molecule has 0 radical (unpaired) electrons. The molecule has 3 rings (SSSR count). The Kier molecular flexibility index (Phi) is 3.72. The van der Waals surface area contributed by atoms with E-state index in [2.05, 4.69) is 10.2 Å². The minimum absolute atomic E-state index is 0.103. The molecule has 0 unspecified atom stereocenters. The van der Waals surface area contributed by atoms with Crippen LogP contribution in [0.2, 0.25) is 0 Å². The van der Waals surface area contributed by atoms with Gasteiger partial charge in [-0.1, -0.05) is 41.7 Å². The summed E-state index contributed by atoms with van der Waals surface area (Å²) in [6.07, 6.45) is 1.71. The number of carbonyl (C=O) groups excluding carboxylic acids is 2. The largest absolute Gasteiger partial charge is 0.374 e. The molecule has 2 heterocycles. The van der Waals surface area contributed by atoms with Crippen molar-refractivity contribution in [3.63, 3.8) is 0 Å². The number of amides is 2. The molecule has 1 saturated heterocycles. The van der Waals surface area contributed by atoms with Crippen molar-refractivity contribution < 1.29 is 9.59 Å². The summed E-state index contributed by atoms with van der Waals surface area (Å²) in [7, 11) is 0. The molecule has 0 aliphatic carbocycles. The number of nitrogen functional groups attached to an aromatic ring is 1. The van der Waals surface area contributed by atoms with Crippen LogP contribution in [0.25, 0.3) is 6.08 Å². The Morgan fingerprint density at radius 2 is 1.95 bits per heavy atom. The second-order valence-electron chi connectivity index (χ2n) is 4.21. The smallest absolute Gasteiger partial charge is 0.293 e. The fourth-order valence-corrected chi connectivity index (χ4v) is 3.24. The van der Waals surface area contributed by atoms with E-state index in [4.69, 9.17) is 5.73 Å². The first-order chi connectivity index (χ1) is 10.1. The van der Waals surface area contributed by atoms with Crippen molar-refractivity contribution in [3.05, 3.63) is 45.8 Å². The van der Waals surface area contributed by atoms with E-state index in [0.29, 0.717) is 15.0 Å². The van der Waals surface area contributed by atoms with Gasteiger partial charge in [0, 0.05) is 0 Å². The number of hydrogen-bond acceptors (Lipinski definition) is 7. The van der Waals surface area contributed by atoms with E-state index >= 15 is 0 Å². The van der Waals surface area contributed by atoms with Crippen LogP contribution in [0.4, 0.5) is 9.93 Å². The minimum atomic E-state index is -0.317. The Bertz CT molecular complexity index is 727. The molecule has 1 aliphatic heterocycles. The third-order valence-corrected chi connectivity index (χ3v) is 4.39. The summed E-state index contributed by atoms with van der Waals surface area (Å²) in [5, 5.41) is 8.04. The molecule has 8 heteroatoms. The van der Waals surface area contributed by atoms with Crippen LogP contribution in [0.3, 0.4) is 0 Å². The number of benzene rings is 1. The zero-order valence-electron chi connectivity index (χ0n) is 10.7. The SMILES string of the molecule is Nc1nnc(CN2C(=O)SC(=Cc3ccccc3)C2=O)s1. The minimum Gasteiger partial charge on any atom is -0.374 e. The molecular weight excluding hydrogens is 308 g/mol. The van der Waals surface area contributed by atoms with Crippen molar-refractivity contribution in [2.24, 2.45) is 0 Å². The van der Waals surface area contributed by atoms with Crippen molar-refractivity contribution in [2.45, 2.75) is 6.54 Å². The molecule has 1 aromatic heterocycles. The van der Waals surface area contributed by atoms with Gasteiger partial charge < -0.3 is 5.73 Å². The predicted octanol–water partition coefficient (Wildman–Crippen LogP) is 2.36. The number of imide groups is 1. The molecule has 1 aliphatic rings. The monoisotopic (exact) mass is 318 g/mol. The van der Waals surface area contributed by atoms with Crippen LogP contribution in [-0.2, 0) is 11.3 Å². The Morgan fingerprint density at radius 3 is 2.62 bits per heavy atom. The van der Waals surface area contributed by atoms with Crippen molar-refractivity contribution in [3.8, 4) is 0 Å². The molecule has 6 nitrogen and oxygen atoms in total. The van der Waals surface area contributed by atoms with E-state index < -0.39 is 0 Å². The quantitative estimate of drug-likeness (QED) is 0.874. The summed E-state index contributed by atoms with van der Waals surface area (Å²) >= 11 is 2.09. The molecule has 1 aromatic carbocycles. The maximum Gasteiger partial charge on any atom is 0.293 e. The lowest BCUT2D eigenvalue weighted by molar-refractivity contribution is -0.123. The molecule has 1 fully saturated rings. The van der Waals surface area contributed by atoms with Gasteiger partial charge in [0.15, 0.2) is 0 Å². The number of hydrogen-bond donors (Lipinski definition) is 1. The van der Waals surface area contributed by atoms with Gasteiger partial charge in [-0.25, -0.2) is 0 Å². The van der Waals surface area contributed by atoms with Gasteiger partial charge in [0.05, 0.1) is 11.4 Å². The first-order valence-electron chi connectivity index (χ1n) is 6.02. The summed E-state index contributed by atoms with van der Waals surface area (Å²) in [6, 6.07) is 9.39. The number of rotatable bonds is 3. The molecule has 0 bridgehead atoms. The molecule has 2 aromatic rings. The van der Waals surface area contributed by atoms with Crippen LogP contribution in [0.15, 0.2) is 35.2 Å². The molecule has 2 N–H and O–H groups in total. The lowest BCUT2D eigenvalue weighted by Gasteiger charge is -2.08. The van der Waals surface area contributed by atoms with Crippen LogP contribution in [-0.4, -0.2) is 26.2 Å². The standard InChI is InChI=1S/C13H10N4O2S2/c14-12-16-15-10(21-12)7-17-11(18)9(20-13(17)19)6-8-4-2-1-3-5-8/h1-6H,7H2,(H2,14,16). The third kappa shape index (κ3) is 2.96. The van der Waals surface area contributed by atoms with Crippen LogP contribution >= 0.6 is 23.1 Å². The molecule has 2 amide bonds. The fourth-order valence-electron chi connectivity index (χ4n) is 1.80. The normalized spacial score (nSPS) is 17.0. The number of anilines is 1. The molecule has 0 spiro atoms. The van der Waals surface area contributed by atoms with Gasteiger partial charge in [0.25, 0.3) is 11.1 Å². The van der Waals surface area contributed by atoms with Crippen LogP contribution in [0.1, 0.15) is 10.6 Å². The zero-order valence-corrected chi connectivity index (χ0v) is 12.4. The highest BCUT2D eigenvalue weighted by Gasteiger charge is 2.35. The first kappa shape index (κ1) is 13.8. The van der Waals surface area contributed by atoms with Crippen LogP contribution < -0.4 is 5.73 Å². The van der Waals surface area contributed by atoms with Gasteiger partial charge in [0.2, 0.25) is 5.13 Å². The van der Waals surface area contributed by atoms with Gasteiger partial charge >= 0.3 is 0 Å². The summed E-state index contributed by atoms with van der Waals surface area (Å²) in [5.41, 5.74) is 6.37. The van der Waals surface area contributed by atoms with Crippen molar-refractivity contribution in [1.82, 2.24) is 15.1 Å². The van der Waals surface area contributed by atoms with Gasteiger partial charge in [-0.15, -0.1) is 10.2 Å². The van der Waals surface area contributed by atoms with E-state index in [9.17, 15) is 9.59 Å². The summed E-state index contributed by atoms with van der Waals surface area (Å²) in [5.74, 6) is -0.317. The fraction of sp³-hybridized carbons (Fsp3) is 0.0769. The van der Waals surface area contributed by atoms with E-state index in [1.54, 1.807) is 6.08 Å². The van der Waals surface area contributed by atoms with Crippen molar-refractivity contribution >= 4 is 45.5 Å². The van der Waals surface area contributed by atoms with E-state index in [0.717, 1.165) is 33.6 Å².